The second-order valence-corrected chi connectivity index (χ2v) is 12.1. The molecule has 0 bridgehead atoms. The van der Waals surface area contributed by atoms with Crippen molar-refractivity contribution in [2.24, 2.45) is 10.8 Å². The van der Waals surface area contributed by atoms with Gasteiger partial charge in [-0.15, -0.1) is 0 Å². The molecule has 1 N–H and O–H groups in total. The highest BCUT2D eigenvalue weighted by atomic mass is 32.2. The summed E-state index contributed by atoms with van der Waals surface area (Å²) in [5.74, 6) is -1.86. The Labute approximate surface area is 207 Å². The zero-order valence-electron chi connectivity index (χ0n) is 19.9. The SMILES string of the molecule is CCN1CCC2(CN(c3ncccn3)CC23CCN(S(=O)(=O)C2CC2)CC3)C1=O.O=C(O)C(F)(F)F. The van der Waals surface area contributed by atoms with E-state index in [9.17, 15) is 26.4 Å². The highest BCUT2D eigenvalue weighted by Crippen LogP contribution is 2.58. The largest absolute Gasteiger partial charge is 0.490 e. The van der Waals surface area contributed by atoms with Crippen LogP contribution in [-0.4, -0.2) is 95.3 Å². The molecule has 3 saturated heterocycles. The Morgan fingerprint density at radius 1 is 1.11 bits per heavy atom. The van der Waals surface area contributed by atoms with Crippen LogP contribution >= 0.6 is 0 Å². The zero-order valence-corrected chi connectivity index (χ0v) is 20.8. The predicted molar refractivity (Wildman–Crippen MR) is 122 cm³/mol. The Morgan fingerprint density at radius 2 is 1.69 bits per heavy atom. The summed E-state index contributed by atoms with van der Waals surface area (Å²) in [6, 6.07) is 1.80. The van der Waals surface area contributed by atoms with Crippen molar-refractivity contribution in [1.82, 2.24) is 19.2 Å². The van der Waals surface area contributed by atoms with Gasteiger partial charge >= 0.3 is 12.1 Å². The monoisotopic (exact) mass is 533 g/mol. The van der Waals surface area contributed by atoms with Crippen molar-refractivity contribution in [2.45, 2.75) is 50.5 Å². The van der Waals surface area contributed by atoms with Gasteiger partial charge in [0.1, 0.15) is 0 Å². The van der Waals surface area contributed by atoms with Crippen molar-refractivity contribution < 1.29 is 36.3 Å². The smallest absolute Gasteiger partial charge is 0.475 e. The molecule has 1 aliphatic carbocycles. The maximum absolute atomic E-state index is 13.5. The van der Waals surface area contributed by atoms with Gasteiger partial charge < -0.3 is 14.9 Å². The first-order valence-electron chi connectivity index (χ1n) is 12.0. The van der Waals surface area contributed by atoms with Crippen molar-refractivity contribution in [2.75, 3.05) is 44.2 Å². The number of rotatable bonds is 4. The summed E-state index contributed by atoms with van der Waals surface area (Å²) in [7, 11) is -3.17. The van der Waals surface area contributed by atoms with Crippen LogP contribution in [0.15, 0.2) is 18.5 Å². The van der Waals surface area contributed by atoms with Crippen LogP contribution in [0.3, 0.4) is 0 Å². The van der Waals surface area contributed by atoms with E-state index in [1.165, 1.54) is 0 Å². The number of hydrogen-bond acceptors (Lipinski definition) is 7. The van der Waals surface area contributed by atoms with E-state index in [0.29, 0.717) is 25.6 Å². The maximum atomic E-state index is 13.5. The van der Waals surface area contributed by atoms with Gasteiger partial charge in [0.15, 0.2) is 0 Å². The molecule has 36 heavy (non-hydrogen) atoms. The lowest BCUT2D eigenvalue weighted by Crippen LogP contribution is -2.54. The second-order valence-electron chi connectivity index (χ2n) is 9.85. The number of aliphatic carboxylic acids is 1. The number of amides is 1. The van der Waals surface area contributed by atoms with Crippen molar-refractivity contribution in [3.63, 3.8) is 0 Å². The number of anilines is 1. The van der Waals surface area contributed by atoms with Crippen molar-refractivity contribution in [1.29, 1.82) is 0 Å². The van der Waals surface area contributed by atoms with Gasteiger partial charge in [-0.3, -0.25) is 4.79 Å². The van der Waals surface area contributed by atoms with E-state index in [4.69, 9.17) is 9.90 Å². The van der Waals surface area contributed by atoms with E-state index in [1.807, 2.05) is 11.8 Å². The first kappa shape index (κ1) is 26.6. The van der Waals surface area contributed by atoms with Gasteiger partial charge in [0.25, 0.3) is 0 Å². The van der Waals surface area contributed by atoms with Gasteiger partial charge in [0.05, 0.1) is 10.7 Å². The number of alkyl halides is 3. The van der Waals surface area contributed by atoms with Crippen LogP contribution in [0.5, 0.6) is 0 Å². The molecule has 0 radical (unpaired) electrons. The number of carboxylic acid groups (broad SMARTS) is 1. The summed E-state index contributed by atoms with van der Waals surface area (Å²) < 4.78 is 58.9. The topological polar surface area (TPSA) is 124 Å². The third-order valence-electron chi connectivity index (χ3n) is 7.92. The lowest BCUT2D eigenvalue weighted by Gasteiger charge is -2.46. The third kappa shape index (κ3) is 4.64. The fourth-order valence-electron chi connectivity index (χ4n) is 5.82. The molecular weight excluding hydrogens is 503 g/mol. The molecule has 4 fully saturated rings. The number of carbonyl (C=O) groups excluding carboxylic acids is 1. The van der Waals surface area contributed by atoms with Crippen LogP contribution in [0.1, 0.15) is 39.0 Å². The lowest BCUT2D eigenvalue weighted by molar-refractivity contribution is -0.192. The van der Waals surface area contributed by atoms with Crippen LogP contribution in [0.4, 0.5) is 19.1 Å². The van der Waals surface area contributed by atoms with Crippen LogP contribution in [0.25, 0.3) is 0 Å². The number of sulfonamides is 1. The highest BCUT2D eigenvalue weighted by molar-refractivity contribution is 7.90. The second kappa shape index (κ2) is 9.43. The lowest BCUT2D eigenvalue weighted by atomic mass is 9.60. The number of nitrogens with zero attached hydrogens (tertiary/aromatic N) is 5. The molecule has 200 valence electrons. The summed E-state index contributed by atoms with van der Waals surface area (Å²) in [5.41, 5.74) is -0.680. The van der Waals surface area contributed by atoms with Gasteiger partial charge in [-0.25, -0.2) is 27.5 Å². The standard InChI is InChI=1S/C20H29N5O3S.C2HF3O2/c1-2-23-11-8-20(17(23)26)15-24(18-21-9-3-10-22-18)14-19(20)6-12-25(13-7-19)29(27,28)16-4-5-16;3-2(4,5)1(6)7/h3,9-10,16H,2,4-8,11-15H2,1H3;(H,6,7). The van der Waals surface area contributed by atoms with Gasteiger partial charge in [-0.1, -0.05) is 0 Å². The summed E-state index contributed by atoms with van der Waals surface area (Å²) in [5, 5.41) is 6.95. The van der Waals surface area contributed by atoms with Gasteiger partial charge in [-0.2, -0.15) is 13.2 Å². The normalized spacial score (nSPS) is 26.4. The van der Waals surface area contributed by atoms with E-state index in [1.54, 1.807) is 22.8 Å². The molecule has 0 aromatic carbocycles. The predicted octanol–water partition coefficient (Wildman–Crippen LogP) is 1.74. The molecule has 1 atom stereocenters. The van der Waals surface area contributed by atoms with Crippen LogP contribution in [0, 0.1) is 10.8 Å². The molecule has 14 heteroatoms. The van der Waals surface area contributed by atoms with Crippen LogP contribution in [0.2, 0.25) is 0 Å². The number of fused-ring (bicyclic) bond motifs is 1. The third-order valence-corrected chi connectivity index (χ3v) is 10.3. The Balaban J connectivity index is 0.000000384. The maximum Gasteiger partial charge on any atom is 0.490 e. The number of halogens is 3. The summed E-state index contributed by atoms with van der Waals surface area (Å²) in [6.07, 6.45) is 2.25. The zero-order chi connectivity index (χ0) is 26.4. The first-order valence-corrected chi connectivity index (χ1v) is 13.5. The van der Waals surface area contributed by atoms with E-state index < -0.39 is 27.6 Å². The molecule has 1 amide bonds. The van der Waals surface area contributed by atoms with E-state index in [0.717, 1.165) is 51.7 Å². The molecular formula is C22H30F3N5O5S. The fraction of sp³-hybridized carbons (Fsp3) is 0.727. The Kier molecular flexibility index (Phi) is 6.97. The van der Waals surface area contributed by atoms with Crippen molar-refractivity contribution in [3.05, 3.63) is 18.5 Å². The van der Waals surface area contributed by atoms with Crippen molar-refractivity contribution >= 4 is 27.8 Å². The Hall–Kier alpha value is -2.48. The Morgan fingerprint density at radius 3 is 2.17 bits per heavy atom. The molecule has 3 aliphatic heterocycles. The summed E-state index contributed by atoms with van der Waals surface area (Å²) >= 11 is 0. The number of likely N-dealkylation sites (tertiary alicyclic amines) is 1. The van der Waals surface area contributed by atoms with E-state index in [-0.39, 0.29) is 16.6 Å². The number of aromatic nitrogens is 2. The molecule has 1 aromatic heterocycles. The molecule has 4 aliphatic rings. The first-order chi connectivity index (χ1) is 16.9. The molecule has 5 rings (SSSR count). The number of carbonyl (C=O) groups is 2. The molecule has 2 spiro atoms. The number of piperidine rings is 1. The minimum atomic E-state index is -5.08. The molecule has 1 unspecified atom stereocenters. The average molecular weight is 534 g/mol. The quantitative estimate of drug-likeness (QED) is 0.621. The molecule has 1 saturated carbocycles. The molecule has 1 aromatic rings. The minimum absolute atomic E-state index is 0.174. The van der Waals surface area contributed by atoms with E-state index in [2.05, 4.69) is 14.9 Å². The van der Waals surface area contributed by atoms with Crippen LogP contribution < -0.4 is 4.90 Å². The number of carboxylic acids is 1. The fourth-order valence-corrected chi connectivity index (χ4v) is 7.67. The summed E-state index contributed by atoms with van der Waals surface area (Å²) in [6.45, 7) is 5.92. The minimum Gasteiger partial charge on any atom is -0.475 e. The highest BCUT2D eigenvalue weighted by Gasteiger charge is 2.66. The van der Waals surface area contributed by atoms with Crippen molar-refractivity contribution in [3.8, 4) is 0 Å². The van der Waals surface area contributed by atoms with Gasteiger partial charge in [0, 0.05) is 57.1 Å². The number of hydrogen-bond donors (Lipinski definition) is 1. The van der Waals surface area contributed by atoms with Gasteiger partial charge in [-0.05, 0) is 45.1 Å². The average Bonchev–Trinajstić information content (AvgIpc) is 3.60. The molecule has 10 nitrogen and oxygen atoms in total. The van der Waals surface area contributed by atoms with Gasteiger partial charge in [0.2, 0.25) is 21.9 Å². The van der Waals surface area contributed by atoms with E-state index >= 15 is 0 Å². The Bertz CT molecular complexity index is 1090. The molecule has 4 heterocycles. The summed E-state index contributed by atoms with van der Waals surface area (Å²) in [4.78, 5) is 35.4. The van der Waals surface area contributed by atoms with Crippen LogP contribution in [-0.2, 0) is 19.6 Å².